The fourth-order valence-corrected chi connectivity index (χ4v) is 4.62. The van der Waals surface area contributed by atoms with E-state index in [9.17, 15) is 14.4 Å². The number of methoxy groups -OCH3 is 1. The number of amides is 3. The van der Waals surface area contributed by atoms with Crippen molar-refractivity contribution in [3.8, 4) is 5.75 Å². The van der Waals surface area contributed by atoms with Crippen LogP contribution in [0, 0.1) is 0 Å². The number of ether oxygens (including phenoxy) is 1. The summed E-state index contributed by atoms with van der Waals surface area (Å²) in [5.41, 5.74) is 0.393. The standard InChI is InChI=1S/C23H25N3O4/c1-4-25-21(28)17-10-5-7-11-18(17)26-20(27)13-14-23(25,26)22(29)24-15(2)16-9-6-8-12-19(16)30-3/h5-12,15H,4,13-14H2,1-3H3,(H,24,29). The molecule has 7 nitrogen and oxygen atoms in total. The Balaban J connectivity index is 1.76. The third-order valence-electron chi connectivity index (χ3n) is 6.01. The molecule has 0 aromatic heterocycles. The molecule has 2 aliphatic heterocycles. The molecule has 4 rings (SSSR count). The summed E-state index contributed by atoms with van der Waals surface area (Å²) in [5.74, 6) is -0.0938. The van der Waals surface area contributed by atoms with Crippen LogP contribution in [0.25, 0.3) is 0 Å². The molecule has 1 N–H and O–H groups in total. The predicted octanol–water partition coefficient (Wildman–Crippen LogP) is 2.87. The number of nitrogens with one attached hydrogen (secondary N) is 1. The lowest BCUT2D eigenvalue weighted by molar-refractivity contribution is -0.134. The van der Waals surface area contributed by atoms with Gasteiger partial charge in [-0.1, -0.05) is 30.3 Å². The number of nitrogens with zero attached hydrogens (tertiary/aromatic N) is 2. The largest absolute Gasteiger partial charge is 0.496 e. The molecule has 7 heteroatoms. The van der Waals surface area contributed by atoms with Gasteiger partial charge in [0, 0.05) is 24.9 Å². The first-order valence-corrected chi connectivity index (χ1v) is 10.1. The van der Waals surface area contributed by atoms with E-state index in [0.717, 1.165) is 5.56 Å². The third-order valence-corrected chi connectivity index (χ3v) is 6.01. The zero-order valence-electron chi connectivity index (χ0n) is 17.3. The summed E-state index contributed by atoms with van der Waals surface area (Å²) in [6.07, 6.45) is 0.457. The molecule has 0 bridgehead atoms. The zero-order chi connectivity index (χ0) is 21.5. The van der Waals surface area contributed by atoms with Crippen molar-refractivity contribution in [2.75, 3.05) is 18.6 Å². The number of carbonyl (C=O) groups is 3. The Hall–Kier alpha value is -3.35. The lowest BCUT2D eigenvalue weighted by atomic mass is 9.95. The first-order valence-electron chi connectivity index (χ1n) is 10.1. The Labute approximate surface area is 175 Å². The molecule has 0 spiro atoms. The molecule has 2 heterocycles. The highest BCUT2D eigenvalue weighted by molar-refractivity contribution is 6.16. The monoisotopic (exact) mass is 407 g/mol. The van der Waals surface area contributed by atoms with E-state index in [1.165, 1.54) is 9.80 Å². The van der Waals surface area contributed by atoms with Crippen molar-refractivity contribution in [3.63, 3.8) is 0 Å². The average molecular weight is 407 g/mol. The Kier molecular flexibility index (Phi) is 4.97. The van der Waals surface area contributed by atoms with E-state index in [1.54, 1.807) is 31.4 Å². The van der Waals surface area contributed by atoms with Crippen LogP contribution in [0.1, 0.15) is 48.7 Å². The topological polar surface area (TPSA) is 79.0 Å². The number of rotatable bonds is 5. The Bertz CT molecular complexity index is 1020. The van der Waals surface area contributed by atoms with Crippen LogP contribution >= 0.6 is 0 Å². The van der Waals surface area contributed by atoms with Crippen molar-refractivity contribution in [2.45, 2.75) is 38.4 Å². The second-order valence-corrected chi connectivity index (χ2v) is 7.55. The summed E-state index contributed by atoms with van der Waals surface area (Å²) in [7, 11) is 1.58. The van der Waals surface area contributed by atoms with Crippen LogP contribution < -0.4 is 15.0 Å². The van der Waals surface area contributed by atoms with Gasteiger partial charge in [0.25, 0.3) is 11.8 Å². The van der Waals surface area contributed by atoms with Crippen LogP contribution in [0.15, 0.2) is 48.5 Å². The van der Waals surface area contributed by atoms with Crippen LogP contribution in [0.3, 0.4) is 0 Å². The SMILES string of the molecule is CCN1C(=O)c2ccccc2N2C(=O)CCC12C(=O)NC(C)c1ccccc1OC. The predicted molar refractivity (Wildman–Crippen MR) is 112 cm³/mol. The number of hydrogen-bond donors (Lipinski definition) is 1. The minimum atomic E-state index is -1.37. The second-order valence-electron chi connectivity index (χ2n) is 7.55. The summed E-state index contributed by atoms with van der Waals surface area (Å²) in [5, 5.41) is 3.03. The number of fused-ring (bicyclic) bond motifs is 3. The maximum absolute atomic E-state index is 13.7. The fraction of sp³-hybridized carbons (Fsp3) is 0.348. The quantitative estimate of drug-likeness (QED) is 0.827. The summed E-state index contributed by atoms with van der Waals surface area (Å²) in [6.45, 7) is 4.00. The Morgan fingerprint density at radius 3 is 2.60 bits per heavy atom. The van der Waals surface area contributed by atoms with Crippen LogP contribution in [0.2, 0.25) is 0 Å². The fourth-order valence-electron chi connectivity index (χ4n) is 4.62. The highest BCUT2D eigenvalue weighted by atomic mass is 16.5. The highest BCUT2D eigenvalue weighted by Crippen LogP contribution is 2.44. The smallest absolute Gasteiger partial charge is 0.267 e. The molecule has 0 saturated carbocycles. The molecule has 3 amide bonds. The molecule has 2 aromatic carbocycles. The van der Waals surface area contributed by atoms with Crippen LogP contribution in [-0.4, -0.2) is 41.9 Å². The molecule has 2 atom stereocenters. The molecule has 156 valence electrons. The van der Waals surface area contributed by atoms with Gasteiger partial charge in [0.15, 0.2) is 0 Å². The van der Waals surface area contributed by atoms with Gasteiger partial charge in [-0.15, -0.1) is 0 Å². The Morgan fingerprint density at radius 2 is 1.87 bits per heavy atom. The lowest BCUT2D eigenvalue weighted by Crippen LogP contribution is -2.70. The summed E-state index contributed by atoms with van der Waals surface area (Å²) in [6, 6.07) is 14.1. The number of para-hydroxylation sites is 2. The van der Waals surface area contributed by atoms with Gasteiger partial charge >= 0.3 is 0 Å². The van der Waals surface area contributed by atoms with Gasteiger partial charge in [0.05, 0.1) is 24.4 Å². The van der Waals surface area contributed by atoms with Gasteiger partial charge in [-0.3, -0.25) is 19.3 Å². The van der Waals surface area contributed by atoms with Gasteiger partial charge in [0.2, 0.25) is 11.6 Å². The number of benzene rings is 2. The number of hydrogen-bond acceptors (Lipinski definition) is 4. The maximum atomic E-state index is 13.7. The van der Waals surface area contributed by atoms with Crippen LogP contribution in [-0.2, 0) is 9.59 Å². The van der Waals surface area contributed by atoms with E-state index in [1.807, 2.05) is 38.1 Å². The van der Waals surface area contributed by atoms with E-state index < -0.39 is 5.66 Å². The third kappa shape index (κ3) is 2.76. The molecule has 30 heavy (non-hydrogen) atoms. The molecule has 1 saturated heterocycles. The molecular weight excluding hydrogens is 382 g/mol. The first kappa shape index (κ1) is 19.9. The summed E-state index contributed by atoms with van der Waals surface area (Å²) < 4.78 is 5.42. The van der Waals surface area contributed by atoms with E-state index in [4.69, 9.17) is 4.74 Å². The average Bonchev–Trinajstić information content (AvgIpc) is 3.12. The van der Waals surface area contributed by atoms with Crippen molar-refractivity contribution >= 4 is 23.4 Å². The lowest BCUT2D eigenvalue weighted by Gasteiger charge is -2.49. The molecular formula is C23H25N3O4. The minimum Gasteiger partial charge on any atom is -0.496 e. The van der Waals surface area contributed by atoms with E-state index in [2.05, 4.69) is 5.32 Å². The van der Waals surface area contributed by atoms with E-state index in [0.29, 0.717) is 23.5 Å². The van der Waals surface area contributed by atoms with E-state index >= 15 is 0 Å². The van der Waals surface area contributed by atoms with Gasteiger partial charge in [-0.25, -0.2) is 0 Å². The van der Waals surface area contributed by atoms with Crippen molar-refractivity contribution in [3.05, 3.63) is 59.7 Å². The van der Waals surface area contributed by atoms with Crippen molar-refractivity contribution < 1.29 is 19.1 Å². The minimum absolute atomic E-state index is 0.159. The van der Waals surface area contributed by atoms with Gasteiger partial charge in [-0.2, -0.15) is 0 Å². The van der Waals surface area contributed by atoms with E-state index in [-0.39, 0.29) is 36.6 Å². The molecule has 1 fully saturated rings. The summed E-state index contributed by atoms with van der Waals surface area (Å²) in [4.78, 5) is 42.9. The zero-order valence-corrected chi connectivity index (χ0v) is 17.3. The molecule has 0 radical (unpaired) electrons. The molecule has 2 aromatic rings. The second kappa shape index (κ2) is 7.48. The van der Waals surface area contributed by atoms with Gasteiger partial charge < -0.3 is 15.0 Å². The maximum Gasteiger partial charge on any atom is 0.267 e. The number of likely N-dealkylation sites (N-methyl/N-ethyl adjacent to an activating group) is 1. The number of anilines is 1. The van der Waals surface area contributed by atoms with Gasteiger partial charge in [-0.05, 0) is 32.0 Å². The van der Waals surface area contributed by atoms with Crippen molar-refractivity contribution in [2.24, 2.45) is 0 Å². The van der Waals surface area contributed by atoms with Gasteiger partial charge in [0.1, 0.15) is 5.75 Å². The number of carbonyl (C=O) groups excluding carboxylic acids is 3. The molecule has 2 aliphatic rings. The summed E-state index contributed by atoms with van der Waals surface area (Å²) >= 11 is 0. The van der Waals surface area contributed by atoms with Crippen molar-refractivity contribution in [1.82, 2.24) is 10.2 Å². The molecule has 0 aliphatic carbocycles. The normalized spacial score (nSPS) is 21.2. The molecule has 2 unspecified atom stereocenters. The van der Waals surface area contributed by atoms with Crippen LogP contribution in [0.4, 0.5) is 5.69 Å². The highest BCUT2D eigenvalue weighted by Gasteiger charge is 2.60. The Morgan fingerprint density at radius 1 is 1.17 bits per heavy atom. The van der Waals surface area contributed by atoms with Crippen LogP contribution in [0.5, 0.6) is 5.75 Å². The first-order chi connectivity index (χ1) is 14.5. The van der Waals surface area contributed by atoms with Crippen molar-refractivity contribution in [1.29, 1.82) is 0 Å².